The van der Waals surface area contributed by atoms with Gasteiger partial charge in [0.05, 0.1) is 17.8 Å². The number of nitrogens with one attached hydrogen (secondary N) is 2. The summed E-state index contributed by atoms with van der Waals surface area (Å²) in [6.45, 7) is 0.894. The molecule has 4 rings (SSSR count). The summed E-state index contributed by atoms with van der Waals surface area (Å²) in [5.74, 6) is 0.483. The van der Waals surface area contributed by atoms with Gasteiger partial charge in [0.15, 0.2) is 0 Å². The van der Waals surface area contributed by atoms with Crippen LogP contribution in [0.5, 0.6) is 5.75 Å². The Bertz CT molecular complexity index is 1400. The number of nitrogens with zero attached hydrogens (tertiary/aromatic N) is 2. The predicted octanol–water partition coefficient (Wildman–Crippen LogP) is 4.72. The number of amides is 2. The molecular formula is C26H24N4O5S. The Hall–Kier alpha value is -4.31. The van der Waals surface area contributed by atoms with Crippen molar-refractivity contribution < 1.29 is 19.2 Å². The lowest BCUT2D eigenvalue weighted by Crippen LogP contribution is -2.27. The Balaban J connectivity index is 1.36. The van der Waals surface area contributed by atoms with Crippen molar-refractivity contribution in [3.05, 3.63) is 94.7 Å². The number of ether oxygens (including phenoxy) is 1. The Morgan fingerprint density at radius 1 is 1.06 bits per heavy atom. The third-order valence-electron chi connectivity index (χ3n) is 5.44. The van der Waals surface area contributed by atoms with Crippen molar-refractivity contribution in [1.82, 2.24) is 9.88 Å². The first-order valence-electron chi connectivity index (χ1n) is 11.1. The maximum absolute atomic E-state index is 12.5. The average Bonchev–Trinajstić information content (AvgIpc) is 3.25. The second-order valence-electron chi connectivity index (χ2n) is 7.83. The third kappa shape index (κ3) is 6.02. The van der Waals surface area contributed by atoms with Crippen LogP contribution in [0.3, 0.4) is 0 Å². The summed E-state index contributed by atoms with van der Waals surface area (Å²) in [4.78, 5) is 36.2. The highest BCUT2D eigenvalue weighted by atomic mass is 32.2. The minimum Gasteiger partial charge on any atom is -0.497 e. The van der Waals surface area contributed by atoms with Crippen LogP contribution in [0.25, 0.3) is 10.9 Å². The van der Waals surface area contributed by atoms with Crippen LogP contribution in [0.15, 0.2) is 83.9 Å². The highest BCUT2D eigenvalue weighted by Gasteiger charge is 2.13. The lowest BCUT2D eigenvalue weighted by atomic mass is 10.2. The SMILES string of the molecule is COc1cccc(NC(=O)CSc2cn(CCNC(=O)c3ccc([N+](=O)[O-])cc3)c3ccccc23)c1. The van der Waals surface area contributed by atoms with E-state index < -0.39 is 4.92 Å². The summed E-state index contributed by atoms with van der Waals surface area (Å²) in [5, 5.41) is 17.5. The molecule has 0 spiro atoms. The van der Waals surface area contributed by atoms with E-state index in [1.807, 2.05) is 53.2 Å². The van der Waals surface area contributed by atoms with Gasteiger partial charge in [-0.15, -0.1) is 11.8 Å². The van der Waals surface area contributed by atoms with Gasteiger partial charge in [-0.25, -0.2) is 0 Å². The van der Waals surface area contributed by atoms with Crippen LogP contribution in [0.1, 0.15) is 10.4 Å². The number of benzene rings is 3. The van der Waals surface area contributed by atoms with Gasteiger partial charge in [-0.05, 0) is 30.3 Å². The Labute approximate surface area is 211 Å². The van der Waals surface area contributed by atoms with Crippen LogP contribution in [0.4, 0.5) is 11.4 Å². The van der Waals surface area contributed by atoms with Gasteiger partial charge >= 0.3 is 0 Å². The monoisotopic (exact) mass is 504 g/mol. The second kappa shape index (κ2) is 11.4. The number of thioether (sulfide) groups is 1. The van der Waals surface area contributed by atoms with Crippen LogP contribution in [-0.4, -0.2) is 40.7 Å². The number of methoxy groups -OCH3 is 1. The maximum Gasteiger partial charge on any atom is 0.269 e. The highest BCUT2D eigenvalue weighted by molar-refractivity contribution is 8.00. The summed E-state index contributed by atoms with van der Waals surface area (Å²) in [5.41, 5.74) is 1.97. The van der Waals surface area contributed by atoms with E-state index in [4.69, 9.17) is 4.74 Å². The van der Waals surface area contributed by atoms with Crippen molar-refractivity contribution >= 4 is 45.9 Å². The number of nitro benzene ring substituents is 1. The molecule has 184 valence electrons. The van der Waals surface area contributed by atoms with Gasteiger partial charge in [0.2, 0.25) is 5.91 Å². The molecule has 2 amide bonds. The number of fused-ring (bicyclic) bond motifs is 1. The molecule has 10 heteroatoms. The van der Waals surface area contributed by atoms with Crippen LogP contribution >= 0.6 is 11.8 Å². The molecule has 0 unspecified atom stereocenters. The second-order valence-corrected chi connectivity index (χ2v) is 8.85. The van der Waals surface area contributed by atoms with E-state index in [1.54, 1.807) is 13.2 Å². The molecule has 0 saturated heterocycles. The number of hydrogen-bond acceptors (Lipinski definition) is 6. The maximum atomic E-state index is 12.5. The first-order chi connectivity index (χ1) is 17.4. The average molecular weight is 505 g/mol. The lowest BCUT2D eigenvalue weighted by molar-refractivity contribution is -0.384. The van der Waals surface area contributed by atoms with Crippen molar-refractivity contribution in [2.75, 3.05) is 24.7 Å². The molecule has 0 saturated carbocycles. The zero-order valence-corrected chi connectivity index (χ0v) is 20.3. The van der Waals surface area contributed by atoms with Crippen molar-refractivity contribution in [3.63, 3.8) is 0 Å². The van der Waals surface area contributed by atoms with E-state index in [-0.39, 0.29) is 23.3 Å². The predicted molar refractivity (Wildman–Crippen MR) is 140 cm³/mol. The Morgan fingerprint density at radius 3 is 2.58 bits per heavy atom. The standard InChI is InChI=1S/C26H24N4O5S/c1-35-21-6-4-5-19(15-21)28-25(31)17-36-24-16-29(23-8-3-2-7-22(23)24)14-13-27-26(32)18-9-11-20(12-10-18)30(33)34/h2-12,15-16H,13-14,17H2,1H3,(H,27,32)(H,28,31). The largest absolute Gasteiger partial charge is 0.497 e. The molecule has 36 heavy (non-hydrogen) atoms. The van der Waals surface area contributed by atoms with E-state index in [0.29, 0.717) is 30.1 Å². The van der Waals surface area contributed by atoms with Gasteiger partial charge in [0.25, 0.3) is 11.6 Å². The topological polar surface area (TPSA) is 116 Å². The molecule has 0 aliphatic rings. The van der Waals surface area contributed by atoms with Crippen LogP contribution in [0.2, 0.25) is 0 Å². The van der Waals surface area contributed by atoms with Crippen LogP contribution < -0.4 is 15.4 Å². The first kappa shape index (κ1) is 24.8. The number of anilines is 1. The number of carbonyl (C=O) groups excluding carboxylic acids is 2. The first-order valence-corrected chi connectivity index (χ1v) is 12.1. The number of aromatic nitrogens is 1. The number of para-hydroxylation sites is 1. The van der Waals surface area contributed by atoms with E-state index in [1.165, 1.54) is 36.0 Å². The summed E-state index contributed by atoms with van der Waals surface area (Å²) in [7, 11) is 1.58. The molecular weight excluding hydrogens is 480 g/mol. The fourth-order valence-corrected chi connectivity index (χ4v) is 4.57. The Morgan fingerprint density at radius 2 is 1.83 bits per heavy atom. The fourth-order valence-electron chi connectivity index (χ4n) is 3.68. The Kier molecular flexibility index (Phi) is 7.86. The molecule has 0 radical (unpaired) electrons. The molecule has 1 aromatic heterocycles. The quantitative estimate of drug-likeness (QED) is 0.183. The summed E-state index contributed by atoms with van der Waals surface area (Å²) >= 11 is 1.44. The summed E-state index contributed by atoms with van der Waals surface area (Å²) < 4.78 is 7.23. The molecule has 0 aliphatic carbocycles. The number of rotatable bonds is 10. The van der Waals surface area contributed by atoms with Gasteiger partial charge < -0.3 is 19.9 Å². The van der Waals surface area contributed by atoms with Gasteiger partial charge in [-0.3, -0.25) is 19.7 Å². The number of nitro groups is 1. The molecule has 1 heterocycles. The molecule has 9 nitrogen and oxygen atoms in total. The van der Waals surface area contributed by atoms with E-state index in [9.17, 15) is 19.7 Å². The molecule has 0 aliphatic heterocycles. The number of hydrogen-bond donors (Lipinski definition) is 2. The third-order valence-corrected chi connectivity index (χ3v) is 6.49. The molecule has 2 N–H and O–H groups in total. The smallest absolute Gasteiger partial charge is 0.269 e. The minimum atomic E-state index is -0.503. The zero-order valence-electron chi connectivity index (χ0n) is 19.5. The van der Waals surface area contributed by atoms with Crippen molar-refractivity contribution in [2.24, 2.45) is 0 Å². The highest BCUT2D eigenvalue weighted by Crippen LogP contribution is 2.30. The zero-order chi connectivity index (χ0) is 25.5. The van der Waals surface area contributed by atoms with E-state index in [2.05, 4.69) is 10.6 Å². The van der Waals surface area contributed by atoms with Gasteiger partial charge in [0, 0.05) is 64.5 Å². The summed E-state index contributed by atoms with van der Waals surface area (Å²) in [6.07, 6.45) is 1.98. The van der Waals surface area contributed by atoms with Crippen LogP contribution in [-0.2, 0) is 11.3 Å². The van der Waals surface area contributed by atoms with Crippen LogP contribution in [0, 0.1) is 10.1 Å². The normalized spacial score (nSPS) is 10.7. The summed E-state index contributed by atoms with van der Waals surface area (Å²) in [6, 6.07) is 20.6. The van der Waals surface area contributed by atoms with Crippen molar-refractivity contribution in [2.45, 2.75) is 11.4 Å². The molecule has 0 bridgehead atoms. The molecule has 4 aromatic rings. The van der Waals surface area contributed by atoms with Gasteiger partial charge in [-0.1, -0.05) is 24.3 Å². The number of non-ortho nitro benzene ring substituents is 1. The van der Waals surface area contributed by atoms with Gasteiger partial charge in [-0.2, -0.15) is 0 Å². The molecule has 0 fully saturated rings. The molecule has 3 aromatic carbocycles. The van der Waals surface area contributed by atoms with E-state index >= 15 is 0 Å². The van der Waals surface area contributed by atoms with E-state index in [0.717, 1.165) is 15.8 Å². The number of carbonyl (C=O) groups is 2. The molecule has 0 atom stereocenters. The van der Waals surface area contributed by atoms with Gasteiger partial charge in [0.1, 0.15) is 5.75 Å². The minimum absolute atomic E-state index is 0.0624. The lowest BCUT2D eigenvalue weighted by Gasteiger charge is -2.08. The van der Waals surface area contributed by atoms with Crippen molar-refractivity contribution in [3.8, 4) is 5.75 Å². The fraction of sp³-hybridized carbons (Fsp3) is 0.154. The van der Waals surface area contributed by atoms with Crippen molar-refractivity contribution in [1.29, 1.82) is 0 Å².